The highest BCUT2D eigenvalue weighted by molar-refractivity contribution is 5.87. The van der Waals surface area contributed by atoms with Crippen LogP contribution in [0.4, 0.5) is 34.9 Å². The van der Waals surface area contributed by atoms with Gasteiger partial charge in [-0.2, -0.15) is 23.3 Å². The Morgan fingerprint density at radius 1 is 1.35 bits per heavy atom. The molecule has 0 bridgehead atoms. The van der Waals surface area contributed by atoms with Gasteiger partial charge in [-0.1, -0.05) is 6.07 Å². The van der Waals surface area contributed by atoms with E-state index in [4.69, 9.17) is 10.3 Å². The number of nitrogens with one attached hydrogen (secondary N) is 3. The van der Waals surface area contributed by atoms with Crippen LogP contribution in [0, 0.1) is 5.53 Å². The molecule has 1 aliphatic heterocycles. The first-order valence-electron chi connectivity index (χ1n) is 11.4. The molecule has 2 aromatic heterocycles. The van der Waals surface area contributed by atoms with Crippen LogP contribution in [0.15, 0.2) is 35.6 Å². The number of benzene rings is 1. The molecule has 3 N–H and O–H groups in total. The van der Waals surface area contributed by atoms with Crippen LogP contribution in [-0.4, -0.2) is 70.0 Å². The summed E-state index contributed by atoms with van der Waals surface area (Å²) in [6.45, 7) is 1.87. The van der Waals surface area contributed by atoms with Crippen LogP contribution in [0.25, 0.3) is 16.6 Å². The molecule has 4 rings (SSSR count). The third-order valence-electron chi connectivity index (χ3n) is 6.24. The fourth-order valence-electron chi connectivity index (χ4n) is 4.36. The van der Waals surface area contributed by atoms with Gasteiger partial charge in [0.25, 0.3) is 0 Å². The Morgan fingerprint density at radius 2 is 2.11 bits per heavy atom. The average molecular weight is 523 g/mol. The number of likely N-dealkylation sites (tertiary alicyclic amines) is 1. The highest BCUT2D eigenvalue weighted by Gasteiger charge is 2.41. The third kappa shape index (κ3) is 5.57. The molecule has 3 heterocycles. The van der Waals surface area contributed by atoms with Crippen molar-refractivity contribution < 1.29 is 27.1 Å². The van der Waals surface area contributed by atoms with E-state index in [1.54, 1.807) is 18.3 Å². The van der Waals surface area contributed by atoms with Crippen LogP contribution in [0.2, 0.25) is 0 Å². The maximum Gasteiger partial charge on any atom is 0.405 e. The molecular formula is C23H26F4N8O2. The van der Waals surface area contributed by atoms with Gasteiger partial charge in [0.15, 0.2) is 0 Å². The number of carbonyl (C=O) groups excluding carboxylic acids is 1. The van der Waals surface area contributed by atoms with Crippen molar-refractivity contribution in [2.45, 2.75) is 38.2 Å². The van der Waals surface area contributed by atoms with Crippen molar-refractivity contribution in [3.05, 3.63) is 30.5 Å². The van der Waals surface area contributed by atoms with E-state index in [1.165, 1.54) is 42.5 Å². The second-order valence-corrected chi connectivity index (χ2v) is 8.98. The highest BCUT2D eigenvalue weighted by Crippen LogP contribution is 2.37. The fraction of sp³-hybridized carbons (Fsp3) is 0.435. The number of methoxy groups -OCH3 is 1. The van der Waals surface area contributed by atoms with Crippen LogP contribution in [0.1, 0.15) is 20.3 Å². The first-order chi connectivity index (χ1) is 17.4. The molecule has 1 fully saturated rings. The molecule has 2 atom stereocenters. The molecule has 0 radical (unpaired) electrons. The third-order valence-corrected chi connectivity index (χ3v) is 6.24. The Bertz CT molecular complexity index is 1320. The Hall–Kier alpha value is -3.97. The van der Waals surface area contributed by atoms with Crippen molar-refractivity contribution in [1.29, 1.82) is 5.53 Å². The number of nitrogens with zero attached hydrogens (tertiary/aromatic N) is 5. The lowest BCUT2D eigenvalue weighted by Crippen LogP contribution is -2.56. The molecule has 1 saturated heterocycles. The summed E-state index contributed by atoms with van der Waals surface area (Å²) in [5.41, 5.74) is 7.17. The van der Waals surface area contributed by atoms with Crippen molar-refractivity contribution in [2.24, 2.45) is 5.11 Å². The van der Waals surface area contributed by atoms with Crippen molar-refractivity contribution in [3.8, 4) is 17.0 Å². The molecular weight excluding hydrogens is 496 g/mol. The average Bonchev–Trinajstić information content (AvgIpc) is 3.26. The van der Waals surface area contributed by atoms with Crippen LogP contribution >= 0.6 is 0 Å². The van der Waals surface area contributed by atoms with Crippen molar-refractivity contribution in [3.63, 3.8) is 0 Å². The molecule has 3 aromatic rings. The second kappa shape index (κ2) is 9.82. The molecule has 14 heteroatoms. The summed E-state index contributed by atoms with van der Waals surface area (Å²) in [6, 6.07) is 5.55. The summed E-state index contributed by atoms with van der Waals surface area (Å²) in [6.07, 6.45) is -2.47. The van der Waals surface area contributed by atoms with Crippen LogP contribution in [0.3, 0.4) is 0 Å². The molecule has 0 aliphatic carbocycles. The van der Waals surface area contributed by atoms with Gasteiger partial charge in [0.1, 0.15) is 23.4 Å². The van der Waals surface area contributed by atoms with Crippen LogP contribution < -0.4 is 15.4 Å². The number of alkyl halides is 4. The first-order valence-corrected chi connectivity index (χ1v) is 11.4. The molecule has 1 unspecified atom stereocenters. The summed E-state index contributed by atoms with van der Waals surface area (Å²) in [5, 5.41) is 13.0. The lowest BCUT2D eigenvalue weighted by atomic mass is 9.91. The molecule has 198 valence electrons. The lowest BCUT2D eigenvalue weighted by molar-refractivity contribution is -0.132. The lowest BCUT2D eigenvalue weighted by Gasteiger charge is -2.41. The number of anilines is 2. The largest absolute Gasteiger partial charge is 0.479 e. The summed E-state index contributed by atoms with van der Waals surface area (Å²) in [5.74, 6) is 0.0913. The number of halogens is 4. The number of piperidine rings is 1. The number of amides is 1. The standard InChI is InChI=1S/C23H26F4N8O2/c1-13(36)34-8-7-18(22(2,24)12-34)30-21-31-20(37-3)19-15(6-9-35(19)33-21)14-4-5-16(32-28)17(10-14)29-11-23(25,26)27/h4-6,9-10,18,28-29H,7-8,11-12H2,1-3H3,(H,30,33)/t18-,22?/m1/s1. The zero-order chi connectivity index (χ0) is 27.0. The minimum absolute atomic E-state index is 0.0430. The molecule has 10 nitrogen and oxygen atoms in total. The number of hydrogen-bond donors (Lipinski definition) is 3. The molecule has 37 heavy (non-hydrogen) atoms. The van der Waals surface area contributed by atoms with Gasteiger partial charge in [0, 0.05) is 25.2 Å². The minimum Gasteiger partial charge on any atom is -0.479 e. The number of fused-ring (bicyclic) bond motifs is 1. The maximum atomic E-state index is 15.3. The van der Waals surface area contributed by atoms with E-state index in [9.17, 15) is 18.0 Å². The van der Waals surface area contributed by atoms with Crippen molar-refractivity contribution in [2.75, 3.05) is 37.4 Å². The van der Waals surface area contributed by atoms with Gasteiger partial charge < -0.3 is 20.3 Å². The molecule has 0 saturated carbocycles. The topological polar surface area (TPSA) is 120 Å². The summed E-state index contributed by atoms with van der Waals surface area (Å²) in [7, 11) is 1.41. The predicted octanol–water partition coefficient (Wildman–Crippen LogP) is 4.80. The van der Waals surface area contributed by atoms with Gasteiger partial charge >= 0.3 is 6.18 Å². The predicted molar refractivity (Wildman–Crippen MR) is 128 cm³/mol. The van der Waals surface area contributed by atoms with Gasteiger partial charge in [-0.3, -0.25) is 4.79 Å². The van der Waals surface area contributed by atoms with E-state index in [-0.39, 0.29) is 35.7 Å². The Labute approximate surface area is 209 Å². The SMILES string of the molecule is COc1nc(N[C@@H]2CCN(C(C)=O)CC2(C)F)nn2ccc(-c3ccc(N=N)c(NCC(F)(F)F)c3)c12. The van der Waals surface area contributed by atoms with Gasteiger partial charge in [-0.15, -0.1) is 5.10 Å². The minimum atomic E-state index is -4.45. The fourth-order valence-corrected chi connectivity index (χ4v) is 4.36. The second-order valence-electron chi connectivity index (χ2n) is 8.98. The maximum absolute atomic E-state index is 15.3. The van der Waals surface area contributed by atoms with E-state index >= 15 is 4.39 Å². The van der Waals surface area contributed by atoms with E-state index in [2.05, 4.69) is 25.8 Å². The number of ether oxygens (including phenoxy) is 1. The molecule has 1 amide bonds. The van der Waals surface area contributed by atoms with Gasteiger partial charge in [0.2, 0.25) is 17.7 Å². The Morgan fingerprint density at radius 3 is 2.73 bits per heavy atom. The molecule has 1 aliphatic rings. The summed E-state index contributed by atoms with van der Waals surface area (Å²) in [4.78, 5) is 17.5. The van der Waals surface area contributed by atoms with Crippen LogP contribution in [0.5, 0.6) is 5.88 Å². The van der Waals surface area contributed by atoms with Gasteiger partial charge in [-0.25, -0.2) is 14.4 Å². The number of rotatable bonds is 7. The first kappa shape index (κ1) is 26.1. The Balaban J connectivity index is 1.66. The zero-order valence-corrected chi connectivity index (χ0v) is 20.4. The van der Waals surface area contributed by atoms with Gasteiger partial charge in [-0.05, 0) is 37.1 Å². The monoisotopic (exact) mass is 522 g/mol. The number of aromatic nitrogens is 3. The number of carbonyl (C=O) groups is 1. The van der Waals surface area contributed by atoms with Crippen molar-refractivity contribution >= 4 is 28.7 Å². The molecule has 0 spiro atoms. The zero-order valence-electron chi connectivity index (χ0n) is 20.4. The number of hydrogen-bond acceptors (Lipinski definition) is 8. The Kier molecular flexibility index (Phi) is 6.93. The van der Waals surface area contributed by atoms with E-state index < -0.39 is 24.4 Å². The van der Waals surface area contributed by atoms with E-state index in [0.717, 1.165) is 0 Å². The summed E-state index contributed by atoms with van der Waals surface area (Å²) >= 11 is 0. The van der Waals surface area contributed by atoms with Gasteiger partial charge in [0.05, 0.1) is 25.4 Å². The smallest absolute Gasteiger partial charge is 0.405 e. The molecule has 1 aromatic carbocycles. The van der Waals surface area contributed by atoms with E-state index in [1.807, 2.05) is 0 Å². The highest BCUT2D eigenvalue weighted by atomic mass is 19.4. The summed E-state index contributed by atoms with van der Waals surface area (Å²) < 4.78 is 60.5. The quantitative estimate of drug-likeness (QED) is 0.303. The van der Waals surface area contributed by atoms with Crippen LogP contribution in [-0.2, 0) is 4.79 Å². The van der Waals surface area contributed by atoms with E-state index in [0.29, 0.717) is 29.6 Å². The van der Waals surface area contributed by atoms with Crippen molar-refractivity contribution in [1.82, 2.24) is 19.5 Å². The normalized spacial score (nSPS) is 20.1.